The molecule has 0 saturated carbocycles. The SMILES string of the molecule is CC(=O)NCCC(=O)N1CCC2(CC1)CN(C(=O)Cc1ccccc1)CCO2. The largest absolute Gasteiger partial charge is 0.371 e. The number of hydrogen-bond donors (Lipinski definition) is 1. The molecule has 1 N–H and O–H groups in total. The lowest BCUT2D eigenvalue weighted by Gasteiger charge is -2.47. The van der Waals surface area contributed by atoms with E-state index in [-0.39, 0.29) is 23.3 Å². The molecular weight excluding hydrogens is 358 g/mol. The Morgan fingerprint density at radius 2 is 1.75 bits per heavy atom. The Labute approximate surface area is 166 Å². The van der Waals surface area contributed by atoms with Gasteiger partial charge in [-0.1, -0.05) is 30.3 Å². The fraction of sp³-hybridized carbons (Fsp3) is 0.571. The maximum absolute atomic E-state index is 12.7. The maximum atomic E-state index is 12.7. The predicted molar refractivity (Wildman–Crippen MR) is 105 cm³/mol. The van der Waals surface area contributed by atoms with Crippen molar-refractivity contribution in [2.75, 3.05) is 39.3 Å². The van der Waals surface area contributed by atoms with E-state index in [0.29, 0.717) is 52.2 Å². The second-order valence-electron chi connectivity index (χ2n) is 7.62. The highest BCUT2D eigenvalue weighted by molar-refractivity contribution is 5.79. The number of piperidine rings is 1. The minimum atomic E-state index is -0.348. The van der Waals surface area contributed by atoms with Crippen LogP contribution >= 0.6 is 0 Å². The molecule has 0 aliphatic carbocycles. The number of rotatable bonds is 5. The Bertz CT molecular complexity index is 699. The summed E-state index contributed by atoms with van der Waals surface area (Å²) < 4.78 is 6.09. The minimum absolute atomic E-state index is 0.0522. The molecule has 2 aliphatic heterocycles. The summed E-state index contributed by atoms with van der Waals surface area (Å²) in [6.07, 6.45) is 2.18. The van der Waals surface area contributed by atoms with Gasteiger partial charge in [0, 0.05) is 46.1 Å². The Balaban J connectivity index is 1.49. The molecule has 0 unspecified atom stereocenters. The molecule has 2 fully saturated rings. The molecule has 0 atom stereocenters. The van der Waals surface area contributed by atoms with Crippen molar-refractivity contribution >= 4 is 17.7 Å². The van der Waals surface area contributed by atoms with Crippen molar-refractivity contribution in [2.24, 2.45) is 0 Å². The van der Waals surface area contributed by atoms with Crippen LogP contribution in [0.25, 0.3) is 0 Å². The summed E-state index contributed by atoms with van der Waals surface area (Å²) >= 11 is 0. The number of likely N-dealkylation sites (tertiary alicyclic amines) is 1. The van der Waals surface area contributed by atoms with E-state index < -0.39 is 0 Å². The first-order valence-corrected chi connectivity index (χ1v) is 9.95. The summed E-state index contributed by atoms with van der Waals surface area (Å²) in [4.78, 5) is 39.7. The van der Waals surface area contributed by atoms with E-state index in [1.54, 1.807) is 0 Å². The van der Waals surface area contributed by atoms with Crippen LogP contribution in [-0.4, -0.2) is 72.5 Å². The number of carbonyl (C=O) groups is 3. The van der Waals surface area contributed by atoms with E-state index in [1.807, 2.05) is 40.1 Å². The molecule has 0 bridgehead atoms. The Morgan fingerprint density at radius 3 is 2.43 bits per heavy atom. The highest BCUT2D eigenvalue weighted by Gasteiger charge is 2.41. The first-order chi connectivity index (χ1) is 13.5. The van der Waals surface area contributed by atoms with Crippen molar-refractivity contribution in [2.45, 2.75) is 38.2 Å². The zero-order valence-electron chi connectivity index (χ0n) is 16.5. The first kappa shape index (κ1) is 20.3. The number of carbonyl (C=O) groups excluding carboxylic acids is 3. The van der Waals surface area contributed by atoms with E-state index in [4.69, 9.17) is 4.74 Å². The lowest BCUT2D eigenvalue weighted by atomic mass is 9.89. The van der Waals surface area contributed by atoms with Crippen LogP contribution in [0.3, 0.4) is 0 Å². The van der Waals surface area contributed by atoms with Crippen molar-refractivity contribution in [3.05, 3.63) is 35.9 Å². The third-order valence-corrected chi connectivity index (χ3v) is 5.54. The molecule has 1 spiro atoms. The van der Waals surface area contributed by atoms with E-state index in [1.165, 1.54) is 6.92 Å². The zero-order valence-corrected chi connectivity index (χ0v) is 16.5. The lowest BCUT2D eigenvalue weighted by molar-refractivity contribution is -0.162. The highest BCUT2D eigenvalue weighted by Crippen LogP contribution is 2.30. The van der Waals surface area contributed by atoms with Crippen LogP contribution in [0.2, 0.25) is 0 Å². The molecule has 2 saturated heterocycles. The number of amides is 3. The van der Waals surface area contributed by atoms with E-state index in [0.717, 1.165) is 18.4 Å². The molecule has 2 aliphatic rings. The van der Waals surface area contributed by atoms with Gasteiger partial charge in [-0.05, 0) is 18.4 Å². The number of hydrogen-bond acceptors (Lipinski definition) is 4. The van der Waals surface area contributed by atoms with Crippen LogP contribution in [-0.2, 0) is 25.5 Å². The van der Waals surface area contributed by atoms with Gasteiger partial charge in [-0.2, -0.15) is 0 Å². The van der Waals surface area contributed by atoms with Crippen molar-refractivity contribution in [1.82, 2.24) is 15.1 Å². The number of morpholine rings is 1. The summed E-state index contributed by atoms with van der Waals surface area (Å²) in [7, 11) is 0. The van der Waals surface area contributed by atoms with Crippen molar-refractivity contribution in [1.29, 1.82) is 0 Å². The lowest BCUT2D eigenvalue weighted by Crippen LogP contribution is -2.58. The van der Waals surface area contributed by atoms with Gasteiger partial charge in [0.15, 0.2) is 0 Å². The van der Waals surface area contributed by atoms with Crippen LogP contribution < -0.4 is 5.32 Å². The van der Waals surface area contributed by atoms with Gasteiger partial charge < -0.3 is 19.9 Å². The minimum Gasteiger partial charge on any atom is -0.371 e. The summed E-state index contributed by atoms with van der Waals surface area (Å²) in [5.74, 6) is 0.0559. The molecule has 1 aromatic rings. The number of nitrogens with zero attached hydrogens (tertiary/aromatic N) is 2. The summed E-state index contributed by atoms with van der Waals surface area (Å²) in [6.45, 7) is 4.81. The third-order valence-electron chi connectivity index (χ3n) is 5.54. The van der Waals surface area contributed by atoms with Gasteiger partial charge in [-0.25, -0.2) is 0 Å². The van der Waals surface area contributed by atoms with Gasteiger partial charge in [-0.3, -0.25) is 14.4 Å². The van der Waals surface area contributed by atoms with E-state index >= 15 is 0 Å². The van der Waals surface area contributed by atoms with Crippen LogP contribution in [0.5, 0.6) is 0 Å². The highest BCUT2D eigenvalue weighted by atomic mass is 16.5. The second kappa shape index (κ2) is 9.19. The van der Waals surface area contributed by atoms with Crippen molar-refractivity contribution in [3.8, 4) is 0 Å². The fourth-order valence-electron chi connectivity index (χ4n) is 3.91. The van der Waals surface area contributed by atoms with Gasteiger partial charge in [0.2, 0.25) is 17.7 Å². The molecule has 7 heteroatoms. The second-order valence-corrected chi connectivity index (χ2v) is 7.62. The van der Waals surface area contributed by atoms with E-state index in [9.17, 15) is 14.4 Å². The fourth-order valence-corrected chi connectivity index (χ4v) is 3.91. The van der Waals surface area contributed by atoms with Crippen LogP contribution in [0, 0.1) is 0 Å². The Morgan fingerprint density at radius 1 is 1.04 bits per heavy atom. The summed E-state index contributed by atoms with van der Waals surface area (Å²) in [5, 5.41) is 2.66. The van der Waals surface area contributed by atoms with Crippen molar-refractivity contribution < 1.29 is 19.1 Å². The standard InChI is InChI=1S/C21H29N3O4/c1-17(25)22-10-7-19(26)23-11-8-21(9-12-23)16-24(13-14-28-21)20(27)15-18-5-3-2-4-6-18/h2-6H,7-16H2,1H3,(H,22,25). The van der Waals surface area contributed by atoms with Gasteiger partial charge >= 0.3 is 0 Å². The molecule has 0 aromatic heterocycles. The quantitative estimate of drug-likeness (QED) is 0.817. The first-order valence-electron chi connectivity index (χ1n) is 9.95. The van der Waals surface area contributed by atoms with E-state index in [2.05, 4.69) is 5.32 Å². The molecule has 2 heterocycles. The zero-order chi connectivity index (χ0) is 20.0. The third kappa shape index (κ3) is 5.32. The van der Waals surface area contributed by atoms with Crippen LogP contribution in [0.4, 0.5) is 0 Å². The monoisotopic (exact) mass is 387 g/mol. The van der Waals surface area contributed by atoms with Crippen LogP contribution in [0.15, 0.2) is 30.3 Å². The number of ether oxygens (including phenoxy) is 1. The van der Waals surface area contributed by atoms with Gasteiger partial charge in [-0.15, -0.1) is 0 Å². The molecule has 0 radical (unpaired) electrons. The molecule has 3 rings (SSSR count). The van der Waals surface area contributed by atoms with Crippen molar-refractivity contribution in [3.63, 3.8) is 0 Å². The smallest absolute Gasteiger partial charge is 0.227 e. The molecule has 7 nitrogen and oxygen atoms in total. The average molecular weight is 387 g/mol. The average Bonchev–Trinajstić information content (AvgIpc) is 2.69. The van der Waals surface area contributed by atoms with Gasteiger partial charge in [0.05, 0.1) is 18.6 Å². The van der Waals surface area contributed by atoms with Gasteiger partial charge in [0.1, 0.15) is 0 Å². The molecule has 3 amide bonds. The molecule has 28 heavy (non-hydrogen) atoms. The topological polar surface area (TPSA) is 79.0 Å². The molecule has 1 aromatic carbocycles. The summed E-state index contributed by atoms with van der Waals surface area (Å²) in [5.41, 5.74) is 0.673. The Kier molecular flexibility index (Phi) is 6.67. The maximum Gasteiger partial charge on any atom is 0.227 e. The Hall–Kier alpha value is -2.41. The predicted octanol–water partition coefficient (Wildman–Crippen LogP) is 0.975. The molecule has 152 valence electrons. The normalized spacial score (nSPS) is 18.8. The number of nitrogens with one attached hydrogen (secondary N) is 1. The molecular formula is C21H29N3O4. The summed E-state index contributed by atoms with van der Waals surface area (Å²) in [6, 6.07) is 9.78. The van der Waals surface area contributed by atoms with Crippen LogP contribution in [0.1, 0.15) is 31.7 Å². The van der Waals surface area contributed by atoms with Gasteiger partial charge in [0.25, 0.3) is 0 Å². The number of benzene rings is 1.